The summed E-state index contributed by atoms with van der Waals surface area (Å²) in [6, 6.07) is 17.4. The monoisotopic (exact) mass is 377 g/mol. The number of methoxy groups -OCH3 is 2. The lowest BCUT2D eigenvalue weighted by atomic mass is 10.1. The van der Waals surface area contributed by atoms with Crippen molar-refractivity contribution in [3.05, 3.63) is 78.1 Å². The van der Waals surface area contributed by atoms with Gasteiger partial charge in [-0.1, -0.05) is 24.3 Å². The Kier molecular flexibility index (Phi) is 5.86. The molecular formula is C21H19N3O4. The number of carbonyl (C=O) groups is 2. The van der Waals surface area contributed by atoms with Gasteiger partial charge in [0.05, 0.1) is 31.2 Å². The summed E-state index contributed by atoms with van der Waals surface area (Å²) in [4.78, 5) is 28.6. The molecule has 7 nitrogen and oxygen atoms in total. The first kappa shape index (κ1) is 18.9. The van der Waals surface area contributed by atoms with Crippen LogP contribution < -0.4 is 15.4 Å². The van der Waals surface area contributed by atoms with Crippen LogP contribution in [0.4, 0.5) is 17.1 Å². The number of anilines is 3. The summed E-state index contributed by atoms with van der Waals surface area (Å²) < 4.78 is 10.0. The highest BCUT2D eigenvalue weighted by atomic mass is 16.5. The van der Waals surface area contributed by atoms with Crippen molar-refractivity contribution in [1.82, 2.24) is 4.98 Å². The summed E-state index contributed by atoms with van der Waals surface area (Å²) in [5.74, 6) is -0.280. The lowest BCUT2D eigenvalue weighted by Gasteiger charge is -2.12. The smallest absolute Gasteiger partial charge is 0.339 e. The Hall–Kier alpha value is -3.87. The van der Waals surface area contributed by atoms with E-state index in [0.717, 1.165) is 0 Å². The van der Waals surface area contributed by atoms with E-state index in [4.69, 9.17) is 9.47 Å². The molecule has 1 amide bonds. The number of hydrogen-bond donors (Lipinski definition) is 2. The normalized spacial score (nSPS) is 10.1. The van der Waals surface area contributed by atoms with Crippen molar-refractivity contribution in [2.45, 2.75) is 0 Å². The van der Waals surface area contributed by atoms with Crippen LogP contribution in [-0.2, 0) is 4.74 Å². The summed E-state index contributed by atoms with van der Waals surface area (Å²) in [7, 11) is 2.86. The molecule has 2 aromatic carbocycles. The predicted octanol–water partition coefficient (Wildman–Crippen LogP) is 3.87. The van der Waals surface area contributed by atoms with Gasteiger partial charge in [-0.2, -0.15) is 0 Å². The zero-order chi connectivity index (χ0) is 19.9. The summed E-state index contributed by atoms with van der Waals surface area (Å²) in [5.41, 5.74) is 2.33. The maximum atomic E-state index is 12.6. The molecule has 1 heterocycles. The van der Waals surface area contributed by atoms with E-state index in [0.29, 0.717) is 28.4 Å². The lowest BCUT2D eigenvalue weighted by Crippen LogP contribution is -2.14. The van der Waals surface area contributed by atoms with Crippen LogP contribution in [-0.4, -0.2) is 31.1 Å². The molecule has 0 bridgehead atoms. The number of carbonyl (C=O) groups excluding carboxylic acids is 2. The first-order chi connectivity index (χ1) is 13.6. The first-order valence-electron chi connectivity index (χ1n) is 8.47. The Bertz CT molecular complexity index is 1000. The third kappa shape index (κ3) is 4.27. The SMILES string of the molecule is COC(=O)c1ccccc1Nc1ccnc(C(=O)Nc2ccccc2OC)c1. The van der Waals surface area contributed by atoms with Crippen LogP contribution in [0.5, 0.6) is 5.75 Å². The lowest BCUT2D eigenvalue weighted by molar-refractivity contribution is 0.0601. The number of amides is 1. The van der Waals surface area contributed by atoms with Gasteiger partial charge in [-0.3, -0.25) is 9.78 Å². The number of aromatic nitrogens is 1. The van der Waals surface area contributed by atoms with Gasteiger partial charge in [0, 0.05) is 11.9 Å². The predicted molar refractivity (Wildman–Crippen MR) is 106 cm³/mol. The van der Waals surface area contributed by atoms with Gasteiger partial charge in [-0.15, -0.1) is 0 Å². The molecule has 2 N–H and O–H groups in total. The van der Waals surface area contributed by atoms with E-state index in [1.165, 1.54) is 20.4 Å². The van der Waals surface area contributed by atoms with Gasteiger partial charge < -0.3 is 20.1 Å². The van der Waals surface area contributed by atoms with E-state index in [2.05, 4.69) is 15.6 Å². The fraction of sp³-hybridized carbons (Fsp3) is 0.0952. The molecule has 0 aliphatic heterocycles. The van der Waals surface area contributed by atoms with Crippen LogP contribution in [0.15, 0.2) is 66.9 Å². The van der Waals surface area contributed by atoms with E-state index in [1.807, 2.05) is 6.07 Å². The van der Waals surface area contributed by atoms with E-state index < -0.39 is 5.97 Å². The molecule has 142 valence electrons. The Balaban J connectivity index is 1.81. The number of esters is 1. The van der Waals surface area contributed by atoms with Crippen molar-refractivity contribution in [2.75, 3.05) is 24.9 Å². The second kappa shape index (κ2) is 8.68. The molecule has 0 saturated carbocycles. The summed E-state index contributed by atoms with van der Waals surface area (Å²) in [6.07, 6.45) is 1.51. The zero-order valence-electron chi connectivity index (χ0n) is 15.4. The van der Waals surface area contributed by atoms with Crippen molar-refractivity contribution < 1.29 is 19.1 Å². The molecule has 1 aromatic heterocycles. The molecule has 3 rings (SSSR count). The fourth-order valence-electron chi connectivity index (χ4n) is 2.60. The second-order valence-corrected chi connectivity index (χ2v) is 5.75. The van der Waals surface area contributed by atoms with Crippen LogP contribution in [0.25, 0.3) is 0 Å². The number of nitrogens with one attached hydrogen (secondary N) is 2. The summed E-state index contributed by atoms with van der Waals surface area (Å²) >= 11 is 0. The highest BCUT2D eigenvalue weighted by molar-refractivity contribution is 6.04. The molecule has 0 aliphatic rings. The van der Waals surface area contributed by atoms with Crippen LogP contribution >= 0.6 is 0 Å². The Morgan fingerprint density at radius 3 is 2.39 bits per heavy atom. The number of rotatable bonds is 6. The second-order valence-electron chi connectivity index (χ2n) is 5.75. The molecule has 0 aliphatic carbocycles. The van der Waals surface area contributed by atoms with E-state index in [1.54, 1.807) is 54.6 Å². The number of ether oxygens (including phenoxy) is 2. The van der Waals surface area contributed by atoms with Gasteiger partial charge in [-0.05, 0) is 36.4 Å². The molecule has 0 atom stereocenters. The van der Waals surface area contributed by atoms with E-state index >= 15 is 0 Å². The molecule has 28 heavy (non-hydrogen) atoms. The topological polar surface area (TPSA) is 89.5 Å². The van der Waals surface area contributed by atoms with Crippen LogP contribution in [0.2, 0.25) is 0 Å². The summed E-state index contributed by atoms with van der Waals surface area (Å²) in [5, 5.41) is 5.90. The molecular weight excluding hydrogens is 358 g/mol. The Morgan fingerprint density at radius 2 is 1.64 bits per heavy atom. The fourth-order valence-corrected chi connectivity index (χ4v) is 2.60. The quantitative estimate of drug-likeness (QED) is 0.634. The molecule has 0 fully saturated rings. The minimum Gasteiger partial charge on any atom is -0.495 e. The number of nitrogens with zero attached hydrogens (tertiary/aromatic N) is 1. The maximum absolute atomic E-state index is 12.6. The standard InChI is InChI=1S/C21H19N3O4/c1-27-19-10-6-5-9-17(19)24-20(25)18-13-14(11-12-22-18)23-16-8-4-3-7-15(16)21(26)28-2/h3-13H,1-2H3,(H,22,23)(H,24,25). The average molecular weight is 377 g/mol. The van der Waals surface area contributed by atoms with Crippen molar-refractivity contribution in [3.8, 4) is 5.75 Å². The van der Waals surface area contributed by atoms with Gasteiger partial charge in [0.25, 0.3) is 5.91 Å². The van der Waals surface area contributed by atoms with Gasteiger partial charge in [0.2, 0.25) is 0 Å². The Labute approximate surface area is 162 Å². The highest BCUT2D eigenvalue weighted by Crippen LogP contribution is 2.25. The molecule has 0 radical (unpaired) electrons. The molecule has 3 aromatic rings. The van der Waals surface area contributed by atoms with Gasteiger partial charge in [0.1, 0.15) is 11.4 Å². The van der Waals surface area contributed by atoms with Crippen molar-refractivity contribution in [1.29, 1.82) is 0 Å². The molecule has 0 saturated heterocycles. The van der Waals surface area contributed by atoms with Gasteiger partial charge in [-0.25, -0.2) is 4.79 Å². The highest BCUT2D eigenvalue weighted by Gasteiger charge is 2.14. The number of benzene rings is 2. The minimum absolute atomic E-state index is 0.214. The van der Waals surface area contributed by atoms with Crippen LogP contribution in [0, 0.1) is 0 Å². The molecule has 0 spiro atoms. The number of para-hydroxylation sites is 3. The maximum Gasteiger partial charge on any atom is 0.339 e. The summed E-state index contributed by atoms with van der Waals surface area (Å²) in [6.45, 7) is 0. The zero-order valence-corrected chi connectivity index (χ0v) is 15.4. The van der Waals surface area contributed by atoms with Crippen molar-refractivity contribution >= 4 is 28.9 Å². The number of hydrogen-bond acceptors (Lipinski definition) is 6. The third-order valence-electron chi connectivity index (χ3n) is 3.96. The number of pyridine rings is 1. The minimum atomic E-state index is -0.453. The Morgan fingerprint density at radius 1 is 0.929 bits per heavy atom. The third-order valence-corrected chi connectivity index (χ3v) is 3.96. The van der Waals surface area contributed by atoms with Crippen molar-refractivity contribution in [3.63, 3.8) is 0 Å². The van der Waals surface area contributed by atoms with Gasteiger partial charge >= 0.3 is 5.97 Å². The molecule has 0 unspecified atom stereocenters. The average Bonchev–Trinajstić information content (AvgIpc) is 2.74. The van der Waals surface area contributed by atoms with Crippen LogP contribution in [0.3, 0.4) is 0 Å². The van der Waals surface area contributed by atoms with Crippen LogP contribution in [0.1, 0.15) is 20.8 Å². The van der Waals surface area contributed by atoms with Gasteiger partial charge in [0.15, 0.2) is 0 Å². The molecule has 7 heteroatoms. The van der Waals surface area contributed by atoms with E-state index in [-0.39, 0.29) is 11.6 Å². The largest absolute Gasteiger partial charge is 0.495 e. The van der Waals surface area contributed by atoms with E-state index in [9.17, 15) is 9.59 Å². The first-order valence-corrected chi connectivity index (χ1v) is 8.47. The van der Waals surface area contributed by atoms with Crippen molar-refractivity contribution in [2.24, 2.45) is 0 Å².